The van der Waals surface area contributed by atoms with E-state index in [1.807, 2.05) is 0 Å². The molecule has 0 spiro atoms. The smallest absolute Gasteiger partial charge is 0.0319 e. The lowest BCUT2D eigenvalue weighted by Gasteiger charge is -2.05. The third kappa shape index (κ3) is 37.2. The minimum absolute atomic E-state index is 1.00. The Bertz CT molecular complexity index is 137. The molecule has 0 radical (unpaired) electrons. The summed E-state index contributed by atoms with van der Waals surface area (Å²) in [4.78, 5) is 0. The predicted octanol–water partition coefficient (Wildman–Crippen LogP) is 8.97. The van der Waals surface area contributed by atoms with Gasteiger partial charge in [-0.2, -0.15) is 0 Å². The molecule has 0 amide bonds. The van der Waals surface area contributed by atoms with Crippen LogP contribution < -0.4 is 0 Å². The highest BCUT2D eigenvalue weighted by Gasteiger charge is 1.97. The molecule has 32 heavy (non-hydrogen) atoms. The van der Waals surface area contributed by atoms with E-state index in [0.717, 1.165) is 21.3 Å². The van der Waals surface area contributed by atoms with Crippen molar-refractivity contribution in [1.29, 1.82) is 0 Å². The van der Waals surface area contributed by atoms with Crippen molar-refractivity contribution >= 4 is 0 Å². The predicted molar refractivity (Wildman–Crippen MR) is 144 cm³/mol. The molecule has 0 bridgehead atoms. The summed E-state index contributed by atoms with van der Waals surface area (Å²) >= 11 is 0. The zero-order valence-electron chi connectivity index (χ0n) is 22.7. The molecule has 3 N–H and O–H groups in total. The summed E-state index contributed by atoms with van der Waals surface area (Å²) in [7, 11) is 3.00. The molecule has 198 valence electrons. The molecule has 0 aromatic heterocycles. The van der Waals surface area contributed by atoms with Gasteiger partial charge in [-0.25, -0.2) is 0 Å². The highest BCUT2D eigenvalue weighted by molar-refractivity contribution is 4.53. The molecule has 1 aliphatic rings. The van der Waals surface area contributed by atoms with Gasteiger partial charge in [0.15, 0.2) is 0 Å². The van der Waals surface area contributed by atoms with Gasteiger partial charge in [0.2, 0.25) is 0 Å². The fraction of sp³-hybridized carbons (Fsp3) is 1.00. The Labute approximate surface area is 203 Å². The SMILES string of the molecule is C1CCCCCCCCCCCCCCCCCCCCCCCCC1.CO.CO.CO. The van der Waals surface area contributed by atoms with Gasteiger partial charge in [-0.15, -0.1) is 0 Å². The molecule has 1 aliphatic carbocycles. The Morgan fingerprint density at radius 3 is 0.219 bits per heavy atom. The van der Waals surface area contributed by atoms with E-state index >= 15 is 0 Å². The number of aliphatic hydroxyl groups excluding tert-OH is 3. The van der Waals surface area contributed by atoms with E-state index in [-0.39, 0.29) is 0 Å². The van der Waals surface area contributed by atoms with E-state index < -0.39 is 0 Å². The van der Waals surface area contributed by atoms with Crippen LogP contribution in [-0.4, -0.2) is 36.6 Å². The molecule has 0 aromatic carbocycles. The van der Waals surface area contributed by atoms with E-state index in [0.29, 0.717) is 0 Å². The van der Waals surface area contributed by atoms with Gasteiger partial charge in [0, 0.05) is 21.3 Å². The Morgan fingerprint density at radius 2 is 0.188 bits per heavy atom. The number of hydrogen-bond donors (Lipinski definition) is 3. The van der Waals surface area contributed by atoms with Crippen LogP contribution in [0.25, 0.3) is 0 Å². The molecule has 0 saturated heterocycles. The fourth-order valence-electron chi connectivity index (χ4n) is 4.60. The zero-order valence-corrected chi connectivity index (χ0v) is 22.7. The number of aliphatic hydroxyl groups is 3. The molecule has 3 heteroatoms. The second kappa shape index (κ2) is 41.2. The third-order valence-corrected chi connectivity index (χ3v) is 6.50. The molecule has 1 fully saturated rings. The molecule has 0 aliphatic heterocycles. The molecule has 0 unspecified atom stereocenters. The van der Waals surface area contributed by atoms with Crippen molar-refractivity contribution in [3.05, 3.63) is 0 Å². The first kappa shape index (κ1) is 36.4. The van der Waals surface area contributed by atoms with Gasteiger partial charge in [0.05, 0.1) is 0 Å². The zero-order chi connectivity index (χ0) is 24.4. The number of hydrogen-bond acceptors (Lipinski definition) is 3. The van der Waals surface area contributed by atoms with E-state index in [4.69, 9.17) is 15.3 Å². The average Bonchev–Trinajstić information content (AvgIpc) is 2.86. The van der Waals surface area contributed by atoms with Gasteiger partial charge in [0.25, 0.3) is 0 Å². The topological polar surface area (TPSA) is 60.7 Å². The van der Waals surface area contributed by atoms with E-state index in [2.05, 4.69) is 0 Å². The van der Waals surface area contributed by atoms with Gasteiger partial charge in [-0.05, 0) is 0 Å². The standard InChI is InChI=1S/C26H52.3CH4O/c1-2-4-6-8-10-12-14-16-18-20-22-24-26-25-23-21-19-17-15-13-11-9-7-5-3-1;3*1-2/h1-26H2;3*2H,1H3. The van der Waals surface area contributed by atoms with Crippen molar-refractivity contribution < 1.29 is 15.3 Å². The summed E-state index contributed by atoms with van der Waals surface area (Å²) in [6.07, 6.45) is 39.0. The Balaban J connectivity index is -0.00000129. The third-order valence-electron chi connectivity index (χ3n) is 6.50. The van der Waals surface area contributed by atoms with E-state index in [1.54, 1.807) is 0 Å². The summed E-state index contributed by atoms with van der Waals surface area (Å²) in [5.41, 5.74) is 0. The molecule has 0 heterocycles. The van der Waals surface area contributed by atoms with Crippen molar-refractivity contribution in [3.63, 3.8) is 0 Å². The van der Waals surface area contributed by atoms with Crippen LogP contribution in [0.15, 0.2) is 0 Å². The molecule has 0 aromatic rings. The summed E-state index contributed by atoms with van der Waals surface area (Å²) in [6.45, 7) is 0. The van der Waals surface area contributed by atoms with Crippen molar-refractivity contribution in [3.8, 4) is 0 Å². The minimum atomic E-state index is 1.00. The van der Waals surface area contributed by atoms with Crippen LogP contribution in [0.3, 0.4) is 0 Å². The Morgan fingerprint density at radius 1 is 0.156 bits per heavy atom. The summed E-state index contributed by atoms with van der Waals surface area (Å²) < 4.78 is 0. The molecular weight excluding hydrogens is 396 g/mol. The lowest BCUT2D eigenvalue weighted by molar-refractivity contribution is 0.399. The van der Waals surface area contributed by atoms with Crippen LogP contribution in [0, 0.1) is 0 Å². The molecule has 0 atom stereocenters. The van der Waals surface area contributed by atoms with E-state index in [1.165, 1.54) is 167 Å². The van der Waals surface area contributed by atoms with Gasteiger partial charge in [0.1, 0.15) is 0 Å². The maximum atomic E-state index is 7.00. The van der Waals surface area contributed by atoms with Crippen molar-refractivity contribution in [2.75, 3.05) is 21.3 Å². The highest BCUT2D eigenvalue weighted by atomic mass is 16.2. The van der Waals surface area contributed by atoms with Gasteiger partial charge in [-0.3, -0.25) is 0 Å². The summed E-state index contributed by atoms with van der Waals surface area (Å²) in [5, 5.41) is 21.0. The van der Waals surface area contributed by atoms with Crippen LogP contribution in [0.4, 0.5) is 0 Å². The maximum absolute atomic E-state index is 7.00. The van der Waals surface area contributed by atoms with Crippen LogP contribution >= 0.6 is 0 Å². The van der Waals surface area contributed by atoms with Crippen LogP contribution in [0.1, 0.15) is 167 Å². The van der Waals surface area contributed by atoms with Crippen LogP contribution in [0.2, 0.25) is 0 Å². The van der Waals surface area contributed by atoms with Crippen LogP contribution in [-0.2, 0) is 0 Å². The Kier molecular flexibility index (Phi) is 46.9. The fourth-order valence-corrected chi connectivity index (χ4v) is 4.60. The first-order valence-electron chi connectivity index (χ1n) is 14.3. The lowest BCUT2D eigenvalue weighted by atomic mass is 10.0. The van der Waals surface area contributed by atoms with Gasteiger partial charge in [-0.1, -0.05) is 167 Å². The Hall–Kier alpha value is -0.120. The van der Waals surface area contributed by atoms with Gasteiger partial charge < -0.3 is 15.3 Å². The summed E-state index contributed by atoms with van der Waals surface area (Å²) in [5.74, 6) is 0. The van der Waals surface area contributed by atoms with Crippen molar-refractivity contribution in [2.45, 2.75) is 167 Å². The first-order valence-corrected chi connectivity index (χ1v) is 14.3. The second-order valence-corrected chi connectivity index (χ2v) is 9.19. The monoisotopic (exact) mass is 460 g/mol. The summed E-state index contributed by atoms with van der Waals surface area (Å²) in [6, 6.07) is 0. The van der Waals surface area contributed by atoms with E-state index in [9.17, 15) is 0 Å². The largest absolute Gasteiger partial charge is 0.400 e. The average molecular weight is 461 g/mol. The van der Waals surface area contributed by atoms with Crippen molar-refractivity contribution in [1.82, 2.24) is 0 Å². The molecule has 1 saturated carbocycles. The lowest BCUT2D eigenvalue weighted by Crippen LogP contribution is -1.85. The molecule has 3 nitrogen and oxygen atoms in total. The van der Waals surface area contributed by atoms with Crippen molar-refractivity contribution in [2.24, 2.45) is 0 Å². The first-order chi connectivity index (χ1) is 16.0. The second-order valence-electron chi connectivity index (χ2n) is 9.19. The number of rotatable bonds is 0. The molecular formula is C29H64O3. The maximum Gasteiger partial charge on any atom is 0.0319 e. The quantitative estimate of drug-likeness (QED) is 0.338. The van der Waals surface area contributed by atoms with Gasteiger partial charge >= 0.3 is 0 Å². The normalized spacial score (nSPS) is 20.1. The molecule has 1 rings (SSSR count). The minimum Gasteiger partial charge on any atom is -0.400 e. The highest BCUT2D eigenvalue weighted by Crippen LogP contribution is 2.17. The van der Waals surface area contributed by atoms with Crippen LogP contribution in [0.5, 0.6) is 0 Å².